The van der Waals surface area contributed by atoms with Gasteiger partial charge in [0, 0.05) is 34.1 Å². The van der Waals surface area contributed by atoms with Gasteiger partial charge in [0.05, 0.1) is 0 Å². The quantitative estimate of drug-likeness (QED) is 0.0554. The highest BCUT2D eigenvalue weighted by Gasteiger charge is 2.31. The number of benzene rings is 16. The maximum atomic E-state index is 2.38. The van der Waals surface area contributed by atoms with Crippen molar-refractivity contribution in [3.8, 4) is 44.5 Å². The van der Waals surface area contributed by atoms with Gasteiger partial charge in [0.15, 0.2) is 0 Å². The fourth-order valence-corrected chi connectivity index (χ4v) is 18.3. The highest BCUT2D eigenvalue weighted by molar-refractivity contribution is 6.97. The predicted octanol–water partition coefficient (Wildman–Crippen LogP) is 25.0. The Kier molecular flexibility index (Phi) is 21.6. The van der Waals surface area contributed by atoms with Gasteiger partial charge in [-0.1, -0.05) is 391 Å². The summed E-state index contributed by atoms with van der Waals surface area (Å²) in [4.78, 5) is 4.64. The third-order valence-corrected chi connectivity index (χ3v) is 23.2. The van der Waals surface area contributed by atoms with E-state index in [0.29, 0.717) is 0 Å². The predicted molar refractivity (Wildman–Crippen MR) is 494 cm³/mol. The first-order valence-electron chi connectivity index (χ1n) is 40.2. The Morgan fingerprint density at radius 2 is 0.333 bits per heavy atom. The summed E-state index contributed by atoms with van der Waals surface area (Å²) in [5, 5.41) is 0. The van der Waals surface area contributed by atoms with Crippen LogP contribution in [-0.2, 0) is 0 Å². The van der Waals surface area contributed by atoms with E-state index in [1.165, 1.54) is 111 Å². The molecule has 0 atom stereocenters. The Labute approximate surface area is 677 Å². The van der Waals surface area contributed by atoms with Crippen molar-refractivity contribution in [2.45, 2.75) is 83.1 Å². The molecule has 16 rings (SSSR count). The number of hydrogen-bond donors (Lipinski definition) is 0. The number of rotatable bonds is 20. The molecule has 0 saturated carbocycles. The lowest BCUT2D eigenvalue weighted by atomic mass is 9.34. The standard InChI is InChI=1S/C110H96B2N2/c1-73-65-77(5)107(78(6)66-73)111(108-79(7)67-74(2)68-80(108)8)97-57-49-89(50-58-97)85-33-41-93(42-34-85)105(94-43-35-86(36-44-94)90-51-59-98(60-52-90)112(109-81(9)69-75(3)70-82(109)10)110-83(11)71-76(4)72-84(110)12)106(95-45-37-87(38-46-95)91-53-61-103(62-54-91)113(99-25-17-13-18-26-99)100-27-19-14-20-28-100)96-47-39-88(40-48-96)92-55-63-104(64-56-92)114(101-29-21-15-22-30-101)102-31-23-16-24-32-102/h13-72H,1-12H3. The SMILES string of the molecule is Cc1cc(C)c(B(c2ccc(-c3ccc(C(=C(c4ccc(-c5ccc(N(c6ccccc6)c6ccccc6)cc5)cc4)c4ccc(-c5ccc(N(c6ccccc6)c6ccccc6)cc5)cc4)c4ccc(-c5ccc(B(c6c(C)cc(C)cc6C)c6c(C)cc(C)cc6C)cc5)cc4)cc3)cc2)c2c(C)cc(C)cc2C)c(C)c1. The third-order valence-electron chi connectivity index (χ3n) is 23.2. The normalized spacial score (nSPS) is 11.2. The van der Waals surface area contributed by atoms with E-state index in [1.54, 1.807) is 0 Å². The van der Waals surface area contributed by atoms with Gasteiger partial charge in [-0.25, -0.2) is 0 Å². The zero-order chi connectivity index (χ0) is 78.7. The van der Waals surface area contributed by atoms with E-state index in [9.17, 15) is 0 Å². The second-order valence-corrected chi connectivity index (χ2v) is 31.5. The van der Waals surface area contributed by atoms with Crippen molar-refractivity contribution >= 4 is 91.5 Å². The first kappa shape index (κ1) is 75.0. The van der Waals surface area contributed by atoms with Crippen molar-refractivity contribution in [3.05, 3.63) is 453 Å². The maximum absolute atomic E-state index is 2.38. The molecule has 0 N–H and O–H groups in total. The highest BCUT2D eigenvalue weighted by Crippen LogP contribution is 2.42. The largest absolute Gasteiger partial charge is 0.311 e. The van der Waals surface area contributed by atoms with E-state index in [2.05, 4.69) is 457 Å². The van der Waals surface area contributed by atoms with Crippen molar-refractivity contribution in [2.24, 2.45) is 0 Å². The zero-order valence-corrected chi connectivity index (χ0v) is 67.7. The molecule has 0 spiro atoms. The molecule has 2 nitrogen and oxygen atoms in total. The molecule has 0 aliphatic heterocycles. The van der Waals surface area contributed by atoms with Crippen LogP contribution in [-0.4, -0.2) is 13.4 Å². The summed E-state index contributed by atoms with van der Waals surface area (Å²) in [5.74, 6) is 0. The van der Waals surface area contributed by atoms with Crippen LogP contribution in [0.25, 0.3) is 55.7 Å². The van der Waals surface area contributed by atoms with Gasteiger partial charge >= 0.3 is 0 Å². The van der Waals surface area contributed by atoms with Crippen LogP contribution in [0.1, 0.15) is 89.0 Å². The monoisotopic (exact) mass is 1470 g/mol. The van der Waals surface area contributed by atoms with Crippen LogP contribution < -0.4 is 42.6 Å². The summed E-state index contributed by atoms with van der Waals surface area (Å²) >= 11 is 0. The number of para-hydroxylation sites is 4. The lowest BCUT2D eigenvalue weighted by Crippen LogP contribution is -2.55. The second kappa shape index (κ2) is 32.7. The highest BCUT2D eigenvalue weighted by atomic mass is 15.1. The van der Waals surface area contributed by atoms with Crippen LogP contribution in [0.2, 0.25) is 0 Å². The summed E-state index contributed by atoms with van der Waals surface area (Å²) in [6, 6.07) is 136. The molecule has 0 heterocycles. The van der Waals surface area contributed by atoms with E-state index in [4.69, 9.17) is 0 Å². The van der Waals surface area contributed by atoms with E-state index in [1.807, 2.05) is 0 Å². The summed E-state index contributed by atoms with van der Waals surface area (Å²) in [5.41, 5.74) is 46.5. The summed E-state index contributed by atoms with van der Waals surface area (Å²) in [6.07, 6.45) is 0. The molecule has 0 radical (unpaired) electrons. The van der Waals surface area contributed by atoms with Crippen LogP contribution in [0.15, 0.2) is 364 Å². The minimum atomic E-state index is 0.0816. The Balaban J connectivity index is 0.825. The fraction of sp³-hybridized carbons (Fsp3) is 0.109. The Morgan fingerprint density at radius 3 is 0.518 bits per heavy atom. The topological polar surface area (TPSA) is 6.48 Å². The molecule has 16 aromatic carbocycles. The summed E-state index contributed by atoms with van der Waals surface area (Å²) < 4.78 is 0. The summed E-state index contributed by atoms with van der Waals surface area (Å²) in [7, 11) is 0. The molecule has 0 aliphatic rings. The van der Waals surface area contributed by atoms with Crippen LogP contribution in [0, 0.1) is 83.1 Å². The third kappa shape index (κ3) is 15.6. The maximum Gasteiger partial charge on any atom is 0.242 e. The van der Waals surface area contributed by atoms with Crippen molar-refractivity contribution in [3.63, 3.8) is 0 Å². The molecule has 0 bridgehead atoms. The Hall–Kier alpha value is -13.0. The number of hydrogen-bond acceptors (Lipinski definition) is 2. The van der Waals surface area contributed by atoms with Gasteiger partial charge in [0.2, 0.25) is 13.4 Å². The second-order valence-electron chi connectivity index (χ2n) is 31.5. The van der Waals surface area contributed by atoms with Gasteiger partial charge in [-0.15, -0.1) is 0 Å². The van der Waals surface area contributed by atoms with Gasteiger partial charge in [0.25, 0.3) is 0 Å². The first-order chi connectivity index (χ1) is 55.5. The van der Waals surface area contributed by atoms with Crippen molar-refractivity contribution in [2.75, 3.05) is 9.80 Å². The smallest absolute Gasteiger partial charge is 0.242 e. The molecule has 114 heavy (non-hydrogen) atoms. The van der Waals surface area contributed by atoms with E-state index >= 15 is 0 Å². The van der Waals surface area contributed by atoms with Gasteiger partial charge in [-0.3, -0.25) is 0 Å². The van der Waals surface area contributed by atoms with Crippen LogP contribution in [0.3, 0.4) is 0 Å². The van der Waals surface area contributed by atoms with Crippen LogP contribution in [0.5, 0.6) is 0 Å². The van der Waals surface area contributed by atoms with Gasteiger partial charge in [0.1, 0.15) is 0 Å². The number of aryl methyl sites for hydroxylation is 12. The molecule has 0 aromatic heterocycles. The molecule has 0 amide bonds. The van der Waals surface area contributed by atoms with Crippen molar-refractivity contribution in [1.29, 1.82) is 0 Å². The lowest BCUT2D eigenvalue weighted by molar-refractivity contribution is 1.28. The molecule has 0 saturated heterocycles. The summed E-state index contributed by atoms with van der Waals surface area (Å²) in [6.45, 7) is 27.3. The van der Waals surface area contributed by atoms with E-state index < -0.39 is 0 Å². The molecule has 552 valence electrons. The average molecular weight is 1470 g/mol. The first-order valence-corrected chi connectivity index (χ1v) is 40.2. The van der Waals surface area contributed by atoms with Crippen LogP contribution >= 0.6 is 0 Å². The Morgan fingerprint density at radius 1 is 0.175 bits per heavy atom. The number of anilines is 6. The van der Waals surface area contributed by atoms with E-state index in [-0.39, 0.29) is 13.4 Å². The molecule has 4 heteroatoms. The lowest BCUT2D eigenvalue weighted by Gasteiger charge is -2.25. The van der Waals surface area contributed by atoms with E-state index in [0.717, 1.165) is 101 Å². The molecule has 0 fully saturated rings. The van der Waals surface area contributed by atoms with Crippen molar-refractivity contribution < 1.29 is 0 Å². The van der Waals surface area contributed by atoms with Crippen molar-refractivity contribution in [1.82, 2.24) is 0 Å². The minimum absolute atomic E-state index is 0.0816. The molecule has 0 aliphatic carbocycles. The van der Waals surface area contributed by atoms with Gasteiger partial charge < -0.3 is 9.80 Å². The van der Waals surface area contributed by atoms with Gasteiger partial charge in [-0.2, -0.15) is 0 Å². The molecular weight excluding hydrogens is 1370 g/mol. The molecule has 0 unspecified atom stereocenters. The average Bonchev–Trinajstić information content (AvgIpc) is 0.769. The minimum Gasteiger partial charge on any atom is -0.311 e. The molecular formula is C110H96B2N2. The Bertz CT molecular complexity index is 5470. The van der Waals surface area contributed by atoms with Gasteiger partial charge in [-0.05, 0) is 234 Å². The zero-order valence-electron chi connectivity index (χ0n) is 67.7. The number of nitrogens with zero attached hydrogens (tertiary/aromatic N) is 2. The molecule has 16 aromatic rings. The van der Waals surface area contributed by atoms with Crippen LogP contribution in [0.4, 0.5) is 34.1 Å². The fourth-order valence-electron chi connectivity index (χ4n) is 18.3.